The molecule has 21 heavy (non-hydrogen) atoms. The first kappa shape index (κ1) is 17.3. The van der Waals surface area contributed by atoms with Crippen molar-refractivity contribution >= 4 is 21.9 Å². The van der Waals surface area contributed by atoms with Gasteiger partial charge in [0.15, 0.2) is 0 Å². The molecule has 0 amide bonds. The van der Waals surface area contributed by atoms with E-state index in [4.69, 9.17) is 4.74 Å². The molecule has 0 aromatic heterocycles. The van der Waals surface area contributed by atoms with Crippen LogP contribution in [0.2, 0.25) is 0 Å². The second-order valence-electron chi connectivity index (χ2n) is 8.01. The molecule has 0 radical (unpaired) electrons. The first-order valence-electron chi connectivity index (χ1n) is 8.04. The van der Waals surface area contributed by atoms with Crippen molar-refractivity contribution in [2.45, 2.75) is 70.7 Å². The van der Waals surface area contributed by atoms with Crippen molar-refractivity contribution in [2.24, 2.45) is 22.7 Å². The third kappa shape index (κ3) is 2.78. The Balaban J connectivity index is 2.40. The highest BCUT2D eigenvalue weighted by Crippen LogP contribution is 2.63. The lowest BCUT2D eigenvalue weighted by molar-refractivity contribution is -0.193. The van der Waals surface area contributed by atoms with Crippen LogP contribution >= 0.6 is 15.9 Å². The summed E-state index contributed by atoms with van der Waals surface area (Å²) in [4.78, 5) is 11.8. The largest absolute Gasteiger partial charge is 0.465 e. The fraction of sp³-hybridized carbons (Fsp3) is 0.941. The molecule has 0 spiro atoms. The van der Waals surface area contributed by atoms with Crippen LogP contribution in [-0.4, -0.2) is 28.1 Å². The van der Waals surface area contributed by atoms with Crippen LogP contribution in [0.25, 0.3) is 0 Å². The lowest BCUT2D eigenvalue weighted by atomic mass is 9.45. The Morgan fingerprint density at radius 3 is 2.48 bits per heavy atom. The Hall–Kier alpha value is -0.0900. The molecule has 0 aliphatic heterocycles. The number of hydrogen-bond donors (Lipinski definition) is 1. The summed E-state index contributed by atoms with van der Waals surface area (Å²) in [5.41, 5.74) is -0.643. The number of carbonyl (C=O) groups is 1. The molecule has 2 aliphatic rings. The van der Waals surface area contributed by atoms with E-state index < -0.39 is 5.60 Å². The number of rotatable bonds is 2. The van der Waals surface area contributed by atoms with Gasteiger partial charge in [-0.25, -0.2) is 0 Å². The molecule has 2 aliphatic carbocycles. The van der Waals surface area contributed by atoms with Gasteiger partial charge in [0.05, 0.1) is 12.2 Å². The fourth-order valence-corrected chi connectivity index (χ4v) is 5.43. The highest BCUT2D eigenvalue weighted by atomic mass is 79.9. The van der Waals surface area contributed by atoms with Crippen LogP contribution in [0.4, 0.5) is 0 Å². The molecule has 2 saturated carbocycles. The zero-order chi connectivity index (χ0) is 16.1. The number of ether oxygens (including phenoxy) is 1. The molecule has 4 heteroatoms. The lowest BCUT2D eigenvalue weighted by Crippen LogP contribution is -2.61. The van der Waals surface area contributed by atoms with Gasteiger partial charge in [-0.3, -0.25) is 4.79 Å². The van der Waals surface area contributed by atoms with Gasteiger partial charge in [0.1, 0.15) is 0 Å². The first-order chi connectivity index (χ1) is 9.54. The zero-order valence-electron chi connectivity index (χ0n) is 13.9. The maximum absolute atomic E-state index is 11.4. The SMILES string of the molecule is CC(=O)OC[C@]12CC[C@H](Br)C(C)(C)[C@H]1CC[C@](C)(O)[C@H]2C. The minimum absolute atomic E-state index is 0.110. The first-order valence-corrected chi connectivity index (χ1v) is 8.95. The molecule has 0 heterocycles. The second-order valence-corrected chi connectivity index (χ2v) is 9.12. The van der Waals surface area contributed by atoms with Gasteiger partial charge < -0.3 is 9.84 Å². The van der Waals surface area contributed by atoms with Crippen LogP contribution in [0.15, 0.2) is 0 Å². The molecule has 2 rings (SSSR count). The Bertz CT molecular complexity index is 418. The summed E-state index contributed by atoms with van der Waals surface area (Å²) < 4.78 is 5.47. The standard InChI is InChI=1S/C17H29BrO3/c1-11-16(5,20)8-6-13-15(3,4)14(18)7-9-17(11,13)10-21-12(2)19/h11,13-14,20H,6-10H2,1-5H3/t11-,13-,14+,16+,17+/m1/s1. The van der Waals surface area contributed by atoms with Gasteiger partial charge in [-0.05, 0) is 49.9 Å². The topological polar surface area (TPSA) is 46.5 Å². The van der Waals surface area contributed by atoms with Gasteiger partial charge >= 0.3 is 5.97 Å². The average Bonchev–Trinajstić information content (AvgIpc) is 2.37. The summed E-state index contributed by atoms with van der Waals surface area (Å²) >= 11 is 3.85. The summed E-state index contributed by atoms with van der Waals surface area (Å²) in [6.45, 7) is 10.6. The molecule has 0 saturated heterocycles. The molecule has 5 atom stereocenters. The molecule has 2 fully saturated rings. The van der Waals surface area contributed by atoms with Crippen molar-refractivity contribution in [3.63, 3.8) is 0 Å². The van der Waals surface area contributed by atoms with Crippen LogP contribution in [0.3, 0.4) is 0 Å². The monoisotopic (exact) mass is 360 g/mol. The molecule has 0 aromatic carbocycles. The van der Waals surface area contributed by atoms with Gasteiger partial charge in [-0.1, -0.05) is 36.7 Å². The molecule has 122 valence electrons. The van der Waals surface area contributed by atoms with Gasteiger partial charge in [0.2, 0.25) is 0 Å². The number of alkyl halides is 1. The van der Waals surface area contributed by atoms with Crippen LogP contribution < -0.4 is 0 Å². The summed E-state index contributed by atoms with van der Waals surface area (Å²) in [5, 5.41) is 10.8. The predicted molar refractivity (Wildman–Crippen MR) is 87.3 cm³/mol. The van der Waals surface area contributed by atoms with Crippen molar-refractivity contribution < 1.29 is 14.6 Å². The van der Waals surface area contributed by atoms with Crippen LogP contribution in [0.5, 0.6) is 0 Å². The van der Waals surface area contributed by atoms with Crippen molar-refractivity contribution in [1.82, 2.24) is 0 Å². The van der Waals surface area contributed by atoms with E-state index in [0.717, 1.165) is 25.7 Å². The minimum atomic E-state index is -0.675. The Morgan fingerprint density at radius 2 is 1.90 bits per heavy atom. The summed E-state index contributed by atoms with van der Waals surface area (Å²) in [7, 11) is 0. The van der Waals surface area contributed by atoms with E-state index in [0.29, 0.717) is 17.4 Å². The Kier molecular flexibility index (Phi) is 4.54. The van der Waals surface area contributed by atoms with Gasteiger partial charge in [0, 0.05) is 17.2 Å². The smallest absolute Gasteiger partial charge is 0.302 e. The van der Waals surface area contributed by atoms with Gasteiger partial charge in [-0.2, -0.15) is 0 Å². The molecular weight excluding hydrogens is 332 g/mol. The van der Waals surface area contributed by atoms with E-state index in [2.05, 4.69) is 36.7 Å². The molecule has 0 unspecified atom stereocenters. The molecule has 0 aromatic rings. The number of esters is 1. The van der Waals surface area contributed by atoms with Gasteiger partial charge in [-0.15, -0.1) is 0 Å². The third-order valence-corrected chi connectivity index (χ3v) is 8.18. The quantitative estimate of drug-likeness (QED) is 0.599. The fourth-order valence-electron chi connectivity index (χ4n) is 4.88. The number of hydrogen-bond acceptors (Lipinski definition) is 3. The van der Waals surface area contributed by atoms with E-state index in [1.807, 2.05) is 6.92 Å². The Labute approximate surface area is 137 Å². The van der Waals surface area contributed by atoms with Crippen molar-refractivity contribution in [2.75, 3.05) is 6.61 Å². The zero-order valence-corrected chi connectivity index (χ0v) is 15.5. The van der Waals surface area contributed by atoms with Crippen molar-refractivity contribution in [1.29, 1.82) is 0 Å². The average molecular weight is 361 g/mol. The highest BCUT2D eigenvalue weighted by Gasteiger charge is 2.61. The molecule has 3 nitrogen and oxygen atoms in total. The molecule has 1 N–H and O–H groups in total. The number of carbonyl (C=O) groups excluding carboxylic acids is 1. The van der Waals surface area contributed by atoms with E-state index in [9.17, 15) is 9.90 Å². The number of aliphatic hydroxyl groups is 1. The lowest BCUT2D eigenvalue weighted by Gasteiger charge is -2.62. The van der Waals surface area contributed by atoms with Crippen LogP contribution in [0.1, 0.15) is 60.3 Å². The van der Waals surface area contributed by atoms with Crippen LogP contribution in [0, 0.1) is 22.7 Å². The normalized spacial score (nSPS) is 45.8. The summed E-state index contributed by atoms with van der Waals surface area (Å²) in [6.07, 6.45) is 3.88. The summed E-state index contributed by atoms with van der Waals surface area (Å²) in [5.74, 6) is 0.361. The summed E-state index contributed by atoms with van der Waals surface area (Å²) in [6, 6.07) is 0. The van der Waals surface area contributed by atoms with Crippen LogP contribution in [-0.2, 0) is 9.53 Å². The third-order valence-electron chi connectivity index (χ3n) is 6.54. The Morgan fingerprint density at radius 1 is 1.29 bits per heavy atom. The van der Waals surface area contributed by atoms with E-state index in [-0.39, 0.29) is 22.7 Å². The van der Waals surface area contributed by atoms with Crippen molar-refractivity contribution in [3.8, 4) is 0 Å². The molecular formula is C17H29BrO3. The van der Waals surface area contributed by atoms with Crippen molar-refractivity contribution in [3.05, 3.63) is 0 Å². The maximum Gasteiger partial charge on any atom is 0.302 e. The number of halogens is 1. The van der Waals surface area contributed by atoms with E-state index in [1.165, 1.54) is 6.92 Å². The van der Waals surface area contributed by atoms with Gasteiger partial charge in [0.25, 0.3) is 0 Å². The second kappa shape index (κ2) is 5.52. The van der Waals surface area contributed by atoms with E-state index >= 15 is 0 Å². The maximum atomic E-state index is 11.4. The molecule has 0 bridgehead atoms. The number of fused-ring (bicyclic) bond motifs is 1. The van der Waals surface area contributed by atoms with E-state index in [1.54, 1.807) is 0 Å². The minimum Gasteiger partial charge on any atom is -0.465 e. The predicted octanol–water partition coefficient (Wildman–Crippen LogP) is 3.92. The highest BCUT2D eigenvalue weighted by molar-refractivity contribution is 9.09.